The van der Waals surface area contributed by atoms with E-state index in [0.29, 0.717) is 21.4 Å². The fraction of sp³-hybridized carbons (Fsp3) is 0.148. The summed E-state index contributed by atoms with van der Waals surface area (Å²) >= 11 is 0. The van der Waals surface area contributed by atoms with E-state index >= 15 is 0 Å². The van der Waals surface area contributed by atoms with E-state index < -0.39 is 10.8 Å². The highest BCUT2D eigenvalue weighted by Gasteiger charge is 2.40. The van der Waals surface area contributed by atoms with Crippen LogP contribution < -0.4 is 4.74 Å². The van der Waals surface area contributed by atoms with Gasteiger partial charge in [-0.05, 0) is 34.7 Å². The summed E-state index contributed by atoms with van der Waals surface area (Å²) in [6.07, 6.45) is 0.840. The minimum Gasteiger partial charge on any atom is -0.495 e. The van der Waals surface area contributed by atoms with Crippen molar-refractivity contribution in [2.24, 2.45) is 4.99 Å². The standard InChI is InChI=1S/C27H21NO3S/c1-30-22-15-14-17-8-2-5-11-20(17)26(22)32(29)24-13-7-6-12-21(24)27-28-25-19-10-4-3-9-18(19)16-23(25)31-27/h2-15,23,25H,16H2,1H3/t23-,25+,32?/m1/s1. The number of hydrogen-bond acceptors (Lipinski definition) is 4. The molecule has 0 aromatic heterocycles. The van der Waals surface area contributed by atoms with Crippen molar-refractivity contribution in [3.63, 3.8) is 0 Å². The molecule has 1 aliphatic heterocycles. The van der Waals surface area contributed by atoms with Gasteiger partial charge in [-0.1, -0.05) is 66.7 Å². The Morgan fingerprint density at radius 3 is 2.62 bits per heavy atom. The van der Waals surface area contributed by atoms with E-state index in [2.05, 4.69) is 18.2 Å². The van der Waals surface area contributed by atoms with Crippen LogP contribution in [0.25, 0.3) is 10.8 Å². The van der Waals surface area contributed by atoms with Crippen LogP contribution in [0.1, 0.15) is 22.7 Å². The highest BCUT2D eigenvalue weighted by molar-refractivity contribution is 7.85. The molecule has 0 saturated carbocycles. The summed E-state index contributed by atoms with van der Waals surface area (Å²) in [6.45, 7) is 0. The van der Waals surface area contributed by atoms with E-state index in [1.807, 2.05) is 66.7 Å². The van der Waals surface area contributed by atoms with Gasteiger partial charge in [0.15, 0.2) is 0 Å². The second-order valence-electron chi connectivity index (χ2n) is 8.02. The Kier molecular flexibility index (Phi) is 4.58. The van der Waals surface area contributed by atoms with Crippen LogP contribution in [0.2, 0.25) is 0 Å². The van der Waals surface area contributed by atoms with Gasteiger partial charge in [-0.3, -0.25) is 0 Å². The Morgan fingerprint density at radius 1 is 0.938 bits per heavy atom. The fourth-order valence-electron chi connectivity index (χ4n) is 4.72. The molecule has 2 aliphatic rings. The minimum atomic E-state index is -1.48. The van der Waals surface area contributed by atoms with Crippen molar-refractivity contribution >= 4 is 27.5 Å². The lowest BCUT2D eigenvalue weighted by Crippen LogP contribution is -2.15. The molecular weight excluding hydrogens is 418 g/mol. The fourth-order valence-corrected chi connectivity index (χ4v) is 6.22. The van der Waals surface area contributed by atoms with Crippen LogP contribution in [-0.4, -0.2) is 23.3 Å². The monoisotopic (exact) mass is 439 g/mol. The first kappa shape index (κ1) is 19.3. The molecule has 4 aromatic carbocycles. The molecule has 4 nitrogen and oxygen atoms in total. The van der Waals surface area contributed by atoms with E-state index in [9.17, 15) is 4.21 Å². The molecule has 1 heterocycles. The molecule has 1 aliphatic carbocycles. The number of hydrogen-bond donors (Lipinski definition) is 0. The molecule has 32 heavy (non-hydrogen) atoms. The van der Waals surface area contributed by atoms with Gasteiger partial charge < -0.3 is 9.47 Å². The summed E-state index contributed by atoms with van der Waals surface area (Å²) in [5, 5.41) is 1.94. The molecule has 0 bridgehead atoms. The Balaban J connectivity index is 1.46. The van der Waals surface area contributed by atoms with Crippen molar-refractivity contribution in [2.45, 2.75) is 28.4 Å². The van der Waals surface area contributed by atoms with E-state index in [1.165, 1.54) is 11.1 Å². The third-order valence-electron chi connectivity index (χ3n) is 6.23. The molecule has 5 heteroatoms. The SMILES string of the molecule is COc1ccc2ccccc2c1S(=O)c1ccccc1C1=N[C@H]2c3ccccc3C[C@H]2O1. The van der Waals surface area contributed by atoms with Crippen LogP contribution in [0.5, 0.6) is 5.75 Å². The lowest BCUT2D eigenvalue weighted by molar-refractivity contribution is 0.206. The molecule has 0 radical (unpaired) electrons. The van der Waals surface area contributed by atoms with Crippen LogP contribution in [-0.2, 0) is 22.0 Å². The largest absolute Gasteiger partial charge is 0.495 e. The number of ether oxygens (including phenoxy) is 2. The number of methoxy groups -OCH3 is 1. The first-order chi connectivity index (χ1) is 15.7. The van der Waals surface area contributed by atoms with Crippen LogP contribution >= 0.6 is 0 Å². The normalized spacial score (nSPS) is 19.7. The van der Waals surface area contributed by atoms with Gasteiger partial charge in [-0.2, -0.15) is 0 Å². The van der Waals surface area contributed by atoms with E-state index in [0.717, 1.165) is 22.8 Å². The van der Waals surface area contributed by atoms with Gasteiger partial charge in [0.2, 0.25) is 5.90 Å². The Bertz CT molecular complexity index is 1410. The summed E-state index contributed by atoms with van der Waals surface area (Å²) in [5.41, 5.74) is 3.29. The molecule has 1 unspecified atom stereocenters. The van der Waals surface area contributed by atoms with Crippen molar-refractivity contribution in [1.29, 1.82) is 0 Å². The van der Waals surface area contributed by atoms with Gasteiger partial charge in [0.1, 0.15) is 17.9 Å². The smallest absolute Gasteiger partial charge is 0.218 e. The van der Waals surface area contributed by atoms with Crippen LogP contribution in [0.3, 0.4) is 0 Å². The van der Waals surface area contributed by atoms with Crippen LogP contribution in [0.4, 0.5) is 0 Å². The van der Waals surface area contributed by atoms with Crippen LogP contribution in [0, 0.1) is 0 Å². The maximum atomic E-state index is 14.0. The number of aliphatic imine (C=N–C) groups is 1. The van der Waals surface area contributed by atoms with Crippen molar-refractivity contribution in [2.75, 3.05) is 7.11 Å². The van der Waals surface area contributed by atoms with Gasteiger partial charge >= 0.3 is 0 Å². The Labute approximate surface area is 189 Å². The molecule has 4 aromatic rings. The number of rotatable bonds is 4. The Hall–Kier alpha value is -3.44. The average Bonchev–Trinajstić information content (AvgIpc) is 3.41. The Morgan fingerprint density at radius 2 is 1.72 bits per heavy atom. The molecule has 3 atom stereocenters. The molecular formula is C27H21NO3S. The molecule has 0 saturated heterocycles. The summed E-state index contributed by atoms with van der Waals surface area (Å²) < 4.78 is 25.9. The predicted molar refractivity (Wildman–Crippen MR) is 126 cm³/mol. The highest BCUT2D eigenvalue weighted by atomic mass is 32.2. The van der Waals surface area contributed by atoms with Crippen molar-refractivity contribution < 1.29 is 13.7 Å². The van der Waals surface area contributed by atoms with Crippen LogP contribution in [0.15, 0.2) is 99.7 Å². The second kappa shape index (κ2) is 7.61. The summed E-state index contributed by atoms with van der Waals surface area (Å²) in [6, 6.07) is 27.8. The zero-order valence-corrected chi connectivity index (χ0v) is 18.3. The number of fused-ring (bicyclic) bond motifs is 4. The molecule has 0 fully saturated rings. The molecule has 0 spiro atoms. The summed E-state index contributed by atoms with van der Waals surface area (Å²) in [5.74, 6) is 1.18. The van der Waals surface area contributed by atoms with E-state index in [-0.39, 0.29) is 12.1 Å². The lowest BCUT2D eigenvalue weighted by Gasteiger charge is -2.15. The molecule has 0 N–H and O–H groups in total. The highest BCUT2D eigenvalue weighted by Crippen LogP contribution is 2.42. The molecule has 6 rings (SSSR count). The topological polar surface area (TPSA) is 47.9 Å². The zero-order chi connectivity index (χ0) is 21.7. The third-order valence-corrected chi connectivity index (χ3v) is 7.78. The quantitative estimate of drug-likeness (QED) is 0.424. The van der Waals surface area contributed by atoms with Gasteiger partial charge in [0.25, 0.3) is 0 Å². The van der Waals surface area contributed by atoms with Crippen molar-refractivity contribution in [3.05, 3.63) is 102 Å². The minimum absolute atomic E-state index is 0.00372. The predicted octanol–water partition coefficient (Wildman–Crippen LogP) is 5.46. The van der Waals surface area contributed by atoms with E-state index in [4.69, 9.17) is 14.5 Å². The maximum Gasteiger partial charge on any atom is 0.218 e. The van der Waals surface area contributed by atoms with Gasteiger partial charge in [-0.15, -0.1) is 0 Å². The van der Waals surface area contributed by atoms with Gasteiger partial charge in [0.05, 0.1) is 33.3 Å². The van der Waals surface area contributed by atoms with Gasteiger partial charge in [-0.25, -0.2) is 9.20 Å². The maximum absolute atomic E-state index is 14.0. The number of benzene rings is 4. The first-order valence-corrected chi connectivity index (χ1v) is 11.8. The summed E-state index contributed by atoms with van der Waals surface area (Å²) in [7, 11) is 0.133. The van der Waals surface area contributed by atoms with Crippen molar-refractivity contribution in [3.8, 4) is 5.75 Å². The second-order valence-corrected chi connectivity index (χ2v) is 9.41. The first-order valence-electron chi connectivity index (χ1n) is 10.6. The molecule has 0 amide bonds. The lowest BCUT2D eigenvalue weighted by atomic mass is 10.1. The van der Waals surface area contributed by atoms with Gasteiger partial charge in [0, 0.05) is 11.8 Å². The van der Waals surface area contributed by atoms with Crippen molar-refractivity contribution in [1.82, 2.24) is 0 Å². The average molecular weight is 440 g/mol. The van der Waals surface area contributed by atoms with E-state index in [1.54, 1.807) is 7.11 Å². The number of nitrogens with zero attached hydrogens (tertiary/aromatic N) is 1. The zero-order valence-electron chi connectivity index (χ0n) is 17.5. The third kappa shape index (κ3) is 2.96. The summed E-state index contributed by atoms with van der Waals surface area (Å²) in [4.78, 5) is 6.28. The molecule has 158 valence electrons.